The molecule has 242 valence electrons. The Morgan fingerprint density at radius 2 is 2.07 bits per heavy atom. The lowest BCUT2D eigenvalue weighted by Gasteiger charge is -2.45. The molecule has 1 heterocycles. The Bertz CT molecular complexity index is 1450. The third kappa shape index (κ3) is 6.51. The van der Waals surface area contributed by atoms with Gasteiger partial charge in [-0.15, -0.1) is 13.2 Å². The molecule has 0 aromatic heterocycles. The van der Waals surface area contributed by atoms with E-state index in [1.54, 1.807) is 37.4 Å². The first-order chi connectivity index (χ1) is 21.5. The summed E-state index contributed by atoms with van der Waals surface area (Å²) in [7, 11) is 2.84. The highest BCUT2D eigenvalue weighted by molar-refractivity contribution is 6.30. The molecule has 5 atom stereocenters. The molecular weight excluding hydrogens is 592 g/mol. The predicted molar refractivity (Wildman–Crippen MR) is 176 cm³/mol. The summed E-state index contributed by atoms with van der Waals surface area (Å²) in [6, 6.07) is 11.3. The molecule has 0 bridgehead atoms. The lowest BCUT2D eigenvalue weighted by molar-refractivity contribution is -0.168. The normalized spacial score (nSPS) is 24.1. The zero-order valence-corrected chi connectivity index (χ0v) is 27.1. The van der Waals surface area contributed by atoms with Crippen LogP contribution in [0.4, 0.5) is 5.69 Å². The molecule has 2 aromatic rings. The maximum absolute atomic E-state index is 13.2. The number of esters is 1. The van der Waals surface area contributed by atoms with Gasteiger partial charge < -0.3 is 29.5 Å². The van der Waals surface area contributed by atoms with Crippen molar-refractivity contribution in [1.82, 2.24) is 4.90 Å². The van der Waals surface area contributed by atoms with Gasteiger partial charge in [-0.1, -0.05) is 35.9 Å². The monoisotopic (exact) mass is 636 g/mol. The molecule has 1 fully saturated rings. The summed E-state index contributed by atoms with van der Waals surface area (Å²) < 4.78 is 11.6. The van der Waals surface area contributed by atoms with Gasteiger partial charge in [0.1, 0.15) is 5.75 Å². The van der Waals surface area contributed by atoms with E-state index in [1.165, 1.54) is 23.1 Å². The fourth-order valence-corrected chi connectivity index (χ4v) is 7.52. The molecule has 0 radical (unpaired) electrons. The molecule has 2 N–H and O–H groups in total. The van der Waals surface area contributed by atoms with Crippen LogP contribution in [-0.2, 0) is 31.8 Å². The number of nitrogens with zero attached hydrogens (tertiary/aromatic N) is 2. The van der Waals surface area contributed by atoms with Gasteiger partial charge >= 0.3 is 5.97 Å². The zero-order valence-electron chi connectivity index (χ0n) is 26.3. The van der Waals surface area contributed by atoms with Crippen LogP contribution in [0.1, 0.15) is 55.2 Å². The maximum Gasteiger partial charge on any atom is 0.343 e. The number of rotatable bonds is 11. The number of carbonyl (C=O) groups excluding carboxylic acids is 2. The van der Waals surface area contributed by atoms with Crippen molar-refractivity contribution < 1.29 is 29.3 Å². The topological polar surface area (TPSA) is 99.5 Å². The molecule has 1 aliphatic heterocycles. The van der Waals surface area contributed by atoms with E-state index in [0.29, 0.717) is 43.4 Å². The Labute approximate surface area is 271 Å². The van der Waals surface area contributed by atoms with Crippen molar-refractivity contribution in [3.05, 3.63) is 83.4 Å². The standard InChI is InChI=1S/C36H45ClN2O6/c1-5-7-17-38(3)33(41)20-36(43,34(42)44-4)26-11-15-32-30(19-26)39(21-25-10-13-28(25)31(40)6-2)22-35(23-45-32)16-8-9-24-18-27(37)12-14-29(24)35/h5-6,11-12,14-15,18-19,25,28,31,40,43H,1-2,7-10,13,16-17,20-23H2,3-4H3/t25-,28+,31?,35-,36-/m0/s1. The number of anilines is 1. The summed E-state index contributed by atoms with van der Waals surface area (Å²) in [5, 5.41) is 23.2. The van der Waals surface area contributed by atoms with Crippen LogP contribution in [0, 0.1) is 11.8 Å². The summed E-state index contributed by atoms with van der Waals surface area (Å²) in [4.78, 5) is 30.1. The number of aliphatic hydroxyl groups excluding tert-OH is 1. The molecular formula is C36H45ClN2O6. The molecule has 1 unspecified atom stereocenters. The van der Waals surface area contributed by atoms with E-state index in [-0.39, 0.29) is 28.7 Å². The summed E-state index contributed by atoms with van der Waals surface area (Å²) in [5.74, 6) is -0.338. The van der Waals surface area contributed by atoms with Crippen LogP contribution in [-0.4, -0.2) is 73.5 Å². The summed E-state index contributed by atoms with van der Waals surface area (Å²) in [6.07, 6.45) is 7.62. The average Bonchev–Trinajstić information content (AvgIpc) is 3.17. The number of benzene rings is 2. The van der Waals surface area contributed by atoms with Crippen LogP contribution in [0.2, 0.25) is 5.02 Å². The van der Waals surface area contributed by atoms with E-state index in [0.717, 1.165) is 37.8 Å². The second-order valence-electron chi connectivity index (χ2n) is 12.9. The highest BCUT2D eigenvalue weighted by Crippen LogP contribution is 2.47. The lowest BCUT2D eigenvalue weighted by atomic mass is 9.68. The third-order valence-corrected chi connectivity index (χ3v) is 10.4. The fourth-order valence-electron chi connectivity index (χ4n) is 7.32. The van der Waals surface area contributed by atoms with Gasteiger partial charge in [-0.25, -0.2) is 4.79 Å². The molecule has 45 heavy (non-hydrogen) atoms. The Kier molecular flexibility index (Phi) is 9.97. The molecule has 1 spiro atoms. The van der Waals surface area contributed by atoms with Crippen molar-refractivity contribution >= 4 is 29.2 Å². The minimum absolute atomic E-state index is 0.0995. The van der Waals surface area contributed by atoms with Crippen molar-refractivity contribution in [1.29, 1.82) is 0 Å². The van der Waals surface area contributed by atoms with Crippen LogP contribution >= 0.6 is 11.6 Å². The van der Waals surface area contributed by atoms with Crippen molar-refractivity contribution in [2.75, 3.05) is 45.3 Å². The first-order valence-corrected chi connectivity index (χ1v) is 16.2. The van der Waals surface area contributed by atoms with Gasteiger partial charge in [0, 0.05) is 37.1 Å². The van der Waals surface area contributed by atoms with E-state index in [2.05, 4.69) is 30.2 Å². The number of carbonyl (C=O) groups is 2. The van der Waals surface area contributed by atoms with Crippen LogP contribution in [0.5, 0.6) is 5.75 Å². The molecule has 0 saturated heterocycles. The number of hydrogen-bond donors (Lipinski definition) is 2. The van der Waals surface area contributed by atoms with Crippen LogP contribution in [0.15, 0.2) is 61.7 Å². The van der Waals surface area contributed by atoms with Gasteiger partial charge in [-0.2, -0.15) is 0 Å². The van der Waals surface area contributed by atoms with Crippen molar-refractivity contribution in [3.63, 3.8) is 0 Å². The quantitative estimate of drug-likeness (QED) is 0.259. The van der Waals surface area contributed by atoms with Crippen molar-refractivity contribution in [3.8, 4) is 5.75 Å². The Morgan fingerprint density at radius 3 is 2.76 bits per heavy atom. The second-order valence-corrected chi connectivity index (χ2v) is 13.4. The molecule has 1 amide bonds. The number of aryl methyl sites for hydroxylation is 1. The van der Waals surface area contributed by atoms with Gasteiger partial charge in [0.05, 0.1) is 31.9 Å². The number of amides is 1. The molecule has 2 aliphatic carbocycles. The van der Waals surface area contributed by atoms with Crippen LogP contribution in [0.25, 0.3) is 0 Å². The largest absolute Gasteiger partial charge is 0.490 e. The third-order valence-electron chi connectivity index (χ3n) is 10.2. The Morgan fingerprint density at radius 1 is 1.27 bits per heavy atom. The average molecular weight is 637 g/mol. The van der Waals surface area contributed by atoms with Gasteiger partial charge in [0.2, 0.25) is 5.91 Å². The van der Waals surface area contributed by atoms with Gasteiger partial charge in [-0.05, 0) is 91.3 Å². The van der Waals surface area contributed by atoms with Crippen LogP contribution in [0.3, 0.4) is 0 Å². The number of halogens is 1. The predicted octanol–water partition coefficient (Wildman–Crippen LogP) is 5.17. The maximum atomic E-state index is 13.2. The first kappa shape index (κ1) is 33.0. The number of fused-ring (bicyclic) bond motifs is 3. The molecule has 1 saturated carbocycles. The molecule has 5 rings (SSSR count). The number of hydrogen-bond acceptors (Lipinski definition) is 7. The van der Waals surface area contributed by atoms with E-state index >= 15 is 0 Å². The Balaban J connectivity index is 1.55. The highest BCUT2D eigenvalue weighted by Gasteiger charge is 2.46. The van der Waals surface area contributed by atoms with E-state index < -0.39 is 24.1 Å². The molecule has 9 heteroatoms. The van der Waals surface area contributed by atoms with Crippen LogP contribution < -0.4 is 9.64 Å². The summed E-state index contributed by atoms with van der Waals surface area (Å²) in [6.45, 7) is 9.69. The van der Waals surface area contributed by atoms with Gasteiger partial charge in [0.15, 0.2) is 5.60 Å². The van der Waals surface area contributed by atoms with E-state index in [4.69, 9.17) is 21.1 Å². The molecule has 3 aliphatic rings. The smallest absolute Gasteiger partial charge is 0.343 e. The van der Waals surface area contributed by atoms with Crippen molar-refractivity contribution in [2.24, 2.45) is 11.8 Å². The lowest BCUT2D eigenvalue weighted by Crippen LogP contribution is -2.49. The number of ether oxygens (including phenoxy) is 2. The number of methoxy groups -OCH3 is 1. The second kappa shape index (κ2) is 13.6. The minimum Gasteiger partial charge on any atom is -0.490 e. The Hall–Kier alpha value is -3.33. The first-order valence-electron chi connectivity index (χ1n) is 15.8. The fraction of sp³-hybridized carbons (Fsp3) is 0.500. The summed E-state index contributed by atoms with van der Waals surface area (Å²) >= 11 is 6.40. The molecule has 8 nitrogen and oxygen atoms in total. The van der Waals surface area contributed by atoms with Crippen molar-refractivity contribution in [2.45, 2.75) is 62.1 Å². The SMILES string of the molecule is C=CCCN(C)C(=O)C[C@@](O)(C(=O)OC)c1ccc2c(c1)N(C[C@@H]1CC[C@H]1C(O)C=C)C[C@@]1(CCCc3cc(Cl)ccc31)CO2. The van der Waals surface area contributed by atoms with E-state index in [1.807, 2.05) is 6.07 Å². The zero-order chi connectivity index (χ0) is 32.4. The van der Waals surface area contributed by atoms with Gasteiger partial charge in [-0.3, -0.25) is 4.79 Å². The minimum atomic E-state index is -2.20. The highest BCUT2D eigenvalue weighted by atomic mass is 35.5. The number of aliphatic hydroxyl groups is 2. The summed E-state index contributed by atoms with van der Waals surface area (Å²) in [5.41, 5.74) is 0.939. The van der Waals surface area contributed by atoms with E-state index in [9.17, 15) is 19.8 Å². The van der Waals surface area contributed by atoms with Gasteiger partial charge in [0.25, 0.3) is 0 Å². The molecule has 2 aromatic carbocycles.